The van der Waals surface area contributed by atoms with E-state index in [9.17, 15) is 46.3 Å². The van der Waals surface area contributed by atoms with Gasteiger partial charge in [0.1, 0.15) is 84.5 Å². The van der Waals surface area contributed by atoms with Crippen molar-refractivity contribution >= 4 is 70.9 Å². The normalized spacial score (nSPS) is 33.1. The second kappa shape index (κ2) is 36.6. The number of ether oxygens (including phenoxy) is 1. The highest BCUT2D eigenvalue weighted by Crippen LogP contribution is 2.45. The van der Waals surface area contributed by atoms with Gasteiger partial charge in [-0.15, -0.1) is 0 Å². The first-order valence-electron chi connectivity index (χ1n) is 37.4. The van der Waals surface area contributed by atoms with Crippen LogP contribution in [0.3, 0.4) is 0 Å². The van der Waals surface area contributed by atoms with Gasteiger partial charge >= 0.3 is 6.18 Å². The lowest BCUT2D eigenvalue weighted by Gasteiger charge is -2.46. The number of fused-ring (bicyclic) bond motifs is 3. The van der Waals surface area contributed by atoms with Crippen LogP contribution in [0.5, 0.6) is 0 Å². The Labute approximate surface area is 606 Å². The monoisotopic (exact) mass is 1490 g/mol. The summed E-state index contributed by atoms with van der Waals surface area (Å²) in [5.74, 6) is -14.9. The molecule has 7 aliphatic rings. The smallest absolute Gasteiger partial charge is 0.377 e. The minimum absolute atomic E-state index is 0.0127. The summed E-state index contributed by atoms with van der Waals surface area (Å²) < 4.78 is 109. The molecule has 2 bridgehead atoms. The SMILES string of the molecule is CCO[C@@H]1C[C@H]2C(=O)NC3(CCC3)C(=O)N(C)[C@@H](C3CCCC3)C(=O)N(C)[C@H](C(=O)N(C)C)CC(=O)N(C)[C@@H](CC)C(=O)N[C@@H]([C@@H](C)CC)C(=O)N(C)CC(=O)N(C)[C@H]3CCCCCN(C3=O)[C@@H](CC3CCC(F)C(F)C3)C(=O)N(C)CC(=O)N[C@@H](CCC3CC(F)C(C(F)(F)F)C(F)C3)C(=O)N2C1. The Kier molecular flexibility index (Phi) is 29.7. The molecule has 0 aromatic heterocycles. The number of alkyl halides is 7. The standard InChI is InChI=1S/C72H113F7N12O13/c1-13-41(4)60-68(101)85(8)40-58(94)87(10)52-24-17-16-20-31-90(67(52)100)55(35-43-25-27-46(73)47(74)32-43)66(99)84(7)39-56(92)80-50(28-26-42-33-48(75)59(49(76)34-42)72(77,78)79)64(97)91-38-45(104-15-3)36-53(91)63(96)82-71(29-21-30-71)70(103)89(12)61(44-22-18-19-23-44)69(102)88(11)54(65(98)83(5)6)37-57(93)86(9)51(14-2)62(95)81-60/h41-55,59-61H,13-40H2,1-12H3,(H,80,92)(H,81,95)(H,82,96)/t41-,42?,43?,45+,46?,47?,48?,49?,50-,51-,52-,53-,54-,55-,59?,60-,61-/m0/s1. The predicted octanol–water partition coefficient (Wildman–Crippen LogP) is 5.05. The van der Waals surface area contributed by atoms with Gasteiger partial charge < -0.3 is 64.8 Å². The fourth-order valence-electron chi connectivity index (χ4n) is 16.7. The number of halogens is 7. The topological polar surface area (TPSA) is 279 Å². The van der Waals surface area contributed by atoms with Crippen LogP contribution in [0.4, 0.5) is 30.7 Å². The molecule has 4 saturated carbocycles. The van der Waals surface area contributed by atoms with Gasteiger partial charge in [-0.1, -0.05) is 52.9 Å². The minimum Gasteiger partial charge on any atom is -0.377 e. The average molecular weight is 1490 g/mol. The predicted molar refractivity (Wildman–Crippen MR) is 368 cm³/mol. The van der Waals surface area contributed by atoms with Gasteiger partial charge in [-0.05, 0) is 133 Å². The molecule has 4 aliphatic carbocycles. The molecule has 7 fully saturated rings. The summed E-state index contributed by atoms with van der Waals surface area (Å²) in [6.45, 7) is 5.10. The van der Waals surface area contributed by atoms with Crippen molar-refractivity contribution in [2.24, 2.45) is 29.6 Å². The minimum atomic E-state index is -5.20. The molecule has 104 heavy (non-hydrogen) atoms. The first kappa shape index (κ1) is 84.4. The quantitative estimate of drug-likeness (QED) is 0.216. The van der Waals surface area contributed by atoms with Crippen molar-refractivity contribution in [3.63, 3.8) is 0 Å². The second-order valence-electron chi connectivity index (χ2n) is 30.7. The number of likely N-dealkylation sites (N-methyl/N-ethyl adjacent to an activating group) is 7. The molecule has 0 radical (unpaired) electrons. The van der Waals surface area contributed by atoms with Crippen molar-refractivity contribution in [1.82, 2.24) is 60.0 Å². The van der Waals surface area contributed by atoms with Crippen molar-refractivity contribution < 1.29 is 93.0 Å². The molecular weight excluding hydrogens is 1370 g/mol. The van der Waals surface area contributed by atoms with Crippen LogP contribution in [0.1, 0.15) is 175 Å². The lowest BCUT2D eigenvalue weighted by molar-refractivity contribution is -0.219. The van der Waals surface area contributed by atoms with Gasteiger partial charge in [0.25, 0.3) is 0 Å². The van der Waals surface area contributed by atoms with E-state index >= 15 is 41.9 Å². The van der Waals surface area contributed by atoms with Crippen LogP contribution < -0.4 is 16.0 Å². The van der Waals surface area contributed by atoms with E-state index in [0.29, 0.717) is 57.8 Å². The van der Waals surface area contributed by atoms with Crippen LogP contribution in [-0.4, -0.2) is 295 Å². The molecular formula is C72H113F7N12O13. The summed E-state index contributed by atoms with van der Waals surface area (Å²) >= 11 is 0. The molecule has 5 unspecified atom stereocenters. The third-order valence-corrected chi connectivity index (χ3v) is 23.4. The number of rotatable bonds is 12. The van der Waals surface area contributed by atoms with E-state index in [-0.39, 0.29) is 83.9 Å². The summed E-state index contributed by atoms with van der Waals surface area (Å²) in [6.07, 6.45) is -14.0. The molecule has 3 aliphatic heterocycles. The Morgan fingerprint density at radius 1 is 0.606 bits per heavy atom. The van der Waals surface area contributed by atoms with Crippen molar-refractivity contribution in [2.45, 2.75) is 266 Å². The number of carbonyl (C=O) groups excluding carboxylic acids is 12. The summed E-state index contributed by atoms with van der Waals surface area (Å²) in [7, 11) is 10.9. The maximum atomic E-state index is 15.5. The van der Waals surface area contributed by atoms with Crippen LogP contribution >= 0.6 is 0 Å². The molecule has 3 saturated heterocycles. The molecule has 3 heterocycles. The summed E-state index contributed by atoms with van der Waals surface area (Å²) in [6, 6.07) is -11.1. The number of hydrogen-bond donors (Lipinski definition) is 3. The largest absolute Gasteiger partial charge is 0.397 e. The van der Waals surface area contributed by atoms with Gasteiger partial charge in [0.2, 0.25) is 70.9 Å². The molecule has 3 N–H and O–H groups in total. The number of nitrogens with zero attached hydrogens (tertiary/aromatic N) is 9. The number of hydrogen-bond acceptors (Lipinski definition) is 13. The molecule has 25 nitrogen and oxygen atoms in total. The first-order valence-corrected chi connectivity index (χ1v) is 37.4. The first-order chi connectivity index (χ1) is 48.9. The zero-order valence-corrected chi connectivity index (χ0v) is 62.7. The molecule has 32 heteroatoms. The van der Waals surface area contributed by atoms with E-state index in [1.165, 1.54) is 71.1 Å². The highest BCUT2D eigenvalue weighted by atomic mass is 19.4. The molecule has 0 aromatic carbocycles. The van der Waals surface area contributed by atoms with Crippen LogP contribution in [0.2, 0.25) is 0 Å². The van der Waals surface area contributed by atoms with E-state index in [0.717, 1.165) is 29.4 Å². The molecule has 15 atom stereocenters. The zero-order chi connectivity index (χ0) is 77.1. The molecule has 0 aromatic rings. The van der Waals surface area contributed by atoms with E-state index in [2.05, 4.69) is 16.0 Å². The van der Waals surface area contributed by atoms with E-state index < -0.39 is 230 Å². The van der Waals surface area contributed by atoms with Crippen LogP contribution in [-0.2, 0) is 62.3 Å². The van der Waals surface area contributed by atoms with Crippen LogP contribution in [0.25, 0.3) is 0 Å². The third-order valence-electron chi connectivity index (χ3n) is 23.4. The Morgan fingerprint density at radius 2 is 1.23 bits per heavy atom. The highest BCUT2D eigenvalue weighted by Gasteiger charge is 2.56. The van der Waals surface area contributed by atoms with E-state index in [4.69, 9.17) is 4.74 Å². The average Bonchev–Trinajstić information content (AvgIpc) is 1.34. The summed E-state index contributed by atoms with van der Waals surface area (Å²) in [5.41, 5.74) is -1.67. The summed E-state index contributed by atoms with van der Waals surface area (Å²) in [5, 5.41) is 8.38. The van der Waals surface area contributed by atoms with Gasteiger partial charge in [0.15, 0.2) is 0 Å². The fraction of sp³-hybridized carbons (Fsp3) is 0.833. The van der Waals surface area contributed by atoms with Crippen molar-refractivity contribution in [2.75, 3.05) is 89.2 Å². The Hall–Kier alpha value is -6.89. The third kappa shape index (κ3) is 19.8. The molecule has 588 valence electrons. The maximum absolute atomic E-state index is 15.5. The summed E-state index contributed by atoms with van der Waals surface area (Å²) in [4.78, 5) is 190. The molecule has 7 rings (SSSR count). The van der Waals surface area contributed by atoms with Gasteiger partial charge in [0, 0.05) is 82.5 Å². The fourth-order valence-corrected chi connectivity index (χ4v) is 16.7. The van der Waals surface area contributed by atoms with Gasteiger partial charge in [-0.25, -0.2) is 17.6 Å². The van der Waals surface area contributed by atoms with Crippen molar-refractivity contribution in [1.29, 1.82) is 0 Å². The molecule has 12 amide bonds. The van der Waals surface area contributed by atoms with E-state index in [1.807, 2.05) is 0 Å². The highest BCUT2D eigenvalue weighted by molar-refractivity contribution is 6.01. The lowest BCUT2D eigenvalue weighted by atomic mass is 9.74. The van der Waals surface area contributed by atoms with E-state index in [1.54, 1.807) is 27.7 Å². The van der Waals surface area contributed by atoms with Gasteiger partial charge in [-0.3, -0.25) is 57.5 Å². The Bertz CT molecular complexity index is 3060. The maximum Gasteiger partial charge on any atom is 0.397 e. The van der Waals surface area contributed by atoms with Gasteiger partial charge in [-0.2, -0.15) is 13.2 Å². The number of amides is 12. The Balaban J connectivity index is 1.31. The Morgan fingerprint density at radius 3 is 1.81 bits per heavy atom. The van der Waals surface area contributed by atoms with Gasteiger partial charge in [0.05, 0.1) is 25.6 Å². The van der Waals surface area contributed by atoms with Crippen molar-refractivity contribution in [3.05, 3.63) is 0 Å². The van der Waals surface area contributed by atoms with Crippen LogP contribution in [0.15, 0.2) is 0 Å². The zero-order valence-electron chi connectivity index (χ0n) is 62.7. The lowest BCUT2D eigenvalue weighted by Crippen LogP contribution is -2.68. The van der Waals surface area contributed by atoms with Crippen LogP contribution in [0, 0.1) is 29.6 Å². The second-order valence-corrected chi connectivity index (χ2v) is 30.7. The number of nitrogens with one attached hydrogen (secondary N) is 3. The van der Waals surface area contributed by atoms with Crippen molar-refractivity contribution in [3.8, 4) is 0 Å². The molecule has 1 spiro atoms. The number of carbonyl (C=O) groups is 12.